The van der Waals surface area contributed by atoms with E-state index in [1.807, 2.05) is 6.08 Å². The van der Waals surface area contributed by atoms with Crippen LogP contribution in [0.4, 0.5) is 0 Å². The van der Waals surface area contributed by atoms with Crippen LogP contribution in [-0.2, 0) is 4.79 Å². The second-order valence-electron chi connectivity index (χ2n) is 9.81. The molecule has 3 saturated carbocycles. The van der Waals surface area contributed by atoms with Gasteiger partial charge in [0.25, 0.3) is 0 Å². The van der Waals surface area contributed by atoms with Gasteiger partial charge in [-0.15, -0.1) is 11.6 Å². The lowest BCUT2D eigenvalue weighted by atomic mass is 9.44. The molecule has 4 aliphatic carbocycles. The Labute approximate surface area is 163 Å². The molecule has 4 rings (SSSR count). The van der Waals surface area contributed by atoms with Crippen LogP contribution in [0.1, 0.15) is 65.2 Å². The quantitative estimate of drug-likeness (QED) is 0.536. The summed E-state index contributed by atoms with van der Waals surface area (Å²) in [6.45, 7) is 4.77. The van der Waals surface area contributed by atoms with E-state index in [4.69, 9.17) is 11.6 Å². The summed E-state index contributed by atoms with van der Waals surface area (Å²) in [5.74, 6) is 3.43. The number of aliphatic hydroxyl groups is 1. The zero-order valence-electron chi connectivity index (χ0n) is 16.2. The molecule has 0 bridgehead atoms. The molecule has 0 aromatic carbocycles. The Morgan fingerprint density at radius 2 is 2.00 bits per heavy atom. The number of carbonyl (C=O) groups is 1. The Kier molecular flexibility index (Phi) is 4.89. The summed E-state index contributed by atoms with van der Waals surface area (Å²) >= 11 is 5.86. The molecule has 3 heteroatoms. The first-order valence-electron chi connectivity index (χ1n) is 10.5. The Morgan fingerprint density at radius 3 is 2.77 bits per heavy atom. The highest BCUT2D eigenvalue weighted by molar-refractivity contribution is 6.18. The van der Waals surface area contributed by atoms with Gasteiger partial charge >= 0.3 is 0 Å². The fraction of sp³-hybridized carbons (Fsp3) is 0.783. The maximum absolute atomic E-state index is 12.1. The lowest BCUT2D eigenvalue weighted by Gasteiger charge is -2.60. The molecule has 0 unspecified atom stereocenters. The third-order valence-corrected chi connectivity index (χ3v) is 8.96. The number of allylic oxidation sites excluding steroid dienone is 3. The molecule has 0 aliphatic heterocycles. The van der Waals surface area contributed by atoms with Crippen LogP contribution in [0.25, 0.3) is 0 Å². The highest BCUT2D eigenvalue weighted by atomic mass is 35.5. The van der Waals surface area contributed by atoms with E-state index in [0.29, 0.717) is 41.8 Å². The fourth-order valence-electron chi connectivity index (χ4n) is 7.25. The molecule has 0 spiro atoms. The number of ketones is 1. The van der Waals surface area contributed by atoms with Gasteiger partial charge in [-0.1, -0.05) is 31.6 Å². The number of halogens is 1. The number of rotatable bonds is 3. The van der Waals surface area contributed by atoms with E-state index in [-0.39, 0.29) is 16.9 Å². The molecule has 0 aromatic rings. The van der Waals surface area contributed by atoms with Crippen LogP contribution in [0.15, 0.2) is 23.8 Å². The molecule has 144 valence electrons. The minimum absolute atomic E-state index is 0.0949. The second-order valence-corrected chi connectivity index (χ2v) is 10.1. The number of carbonyl (C=O) groups excluding carboxylic acids is 1. The highest BCUT2D eigenvalue weighted by Crippen LogP contribution is 2.66. The molecule has 26 heavy (non-hydrogen) atoms. The van der Waals surface area contributed by atoms with Crippen LogP contribution < -0.4 is 0 Å². The van der Waals surface area contributed by atoms with E-state index in [2.05, 4.69) is 26.0 Å². The van der Waals surface area contributed by atoms with Crippen molar-refractivity contribution < 1.29 is 9.90 Å². The van der Waals surface area contributed by atoms with E-state index < -0.39 is 0 Å². The molecule has 4 aliphatic rings. The van der Waals surface area contributed by atoms with Crippen LogP contribution in [0.5, 0.6) is 0 Å². The second kappa shape index (κ2) is 6.78. The fourth-order valence-corrected chi connectivity index (χ4v) is 7.38. The van der Waals surface area contributed by atoms with Crippen LogP contribution >= 0.6 is 11.6 Å². The average Bonchev–Trinajstić information content (AvgIpc) is 2.91. The molecular weight excluding hydrogens is 344 g/mol. The average molecular weight is 377 g/mol. The van der Waals surface area contributed by atoms with E-state index in [9.17, 15) is 9.90 Å². The van der Waals surface area contributed by atoms with Crippen molar-refractivity contribution in [1.82, 2.24) is 0 Å². The van der Waals surface area contributed by atoms with Gasteiger partial charge in [0.1, 0.15) is 0 Å². The van der Waals surface area contributed by atoms with Crippen molar-refractivity contribution in [1.29, 1.82) is 0 Å². The smallest absolute Gasteiger partial charge is 0.155 e. The van der Waals surface area contributed by atoms with E-state index in [1.165, 1.54) is 18.4 Å². The van der Waals surface area contributed by atoms with Gasteiger partial charge in [0.2, 0.25) is 0 Å². The Hall–Kier alpha value is -0.600. The topological polar surface area (TPSA) is 37.3 Å². The van der Waals surface area contributed by atoms with Crippen molar-refractivity contribution in [3.8, 4) is 0 Å². The highest BCUT2D eigenvalue weighted by Gasteiger charge is 2.60. The van der Waals surface area contributed by atoms with Crippen molar-refractivity contribution >= 4 is 17.4 Å². The Balaban J connectivity index is 1.72. The molecule has 0 aromatic heterocycles. The van der Waals surface area contributed by atoms with Gasteiger partial charge in [0.05, 0.1) is 6.10 Å². The normalized spacial score (nSPS) is 48.1. The predicted octanol–water partition coefficient (Wildman–Crippen LogP) is 5.29. The Bertz CT molecular complexity index is 638. The maximum atomic E-state index is 12.1. The zero-order valence-corrected chi connectivity index (χ0v) is 17.0. The molecule has 0 heterocycles. The van der Waals surface area contributed by atoms with Gasteiger partial charge in [-0.05, 0) is 85.5 Å². The number of fused-ring (bicyclic) bond motifs is 5. The minimum Gasteiger partial charge on any atom is -0.393 e. The summed E-state index contributed by atoms with van der Waals surface area (Å²) < 4.78 is 0. The SMILES string of the molecule is C[C@]12CC[C@H]3[C@@H]([C@@H](C/C=C/CCl)CC4=CC(=O)CC[C@@]43C)[C@@H]1CC[C@@H]2O. The van der Waals surface area contributed by atoms with Crippen molar-refractivity contribution in [2.24, 2.45) is 34.5 Å². The van der Waals surface area contributed by atoms with Crippen LogP contribution in [0.2, 0.25) is 0 Å². The third-order valence-electron chi connectivity index (χ3n) is 8.78. The van der Waals surface area contributed by atoms with Crippen molar-refractivity contribution in [3.63, 3.8) is 0 Å². The number of aliphatic hydroxyl groups excluding tert-OH is 1. The van der Waals surface area contributed by atoms with Gasteiger partial charge in [-0.25, -0.2) is 0 Å². The lowest BCUT2D eigenvalue weighted by molar-refractivity contribution is -0.119. The maximum Gasteiger partial charge on any atom is 0.155 e. The van der Waals surface area contributed by atoms with E-state index in [1.54, 1.807) is 0 Å². The number of alkyl halides is 1. The van der Waals surface area contributed by atoms with Crippen molar-refractivity contribution in [2.45, 2.75) is 71.3 Å². The third kappa shape index (κ3) is 2.75. The molecule has 0 amide bonds. The molecule has 3 fully saturated rings. The molecule has 0 radical (unpaired) electrons. The number of hydrogen-bond donors (Lipinski definition) is 1. The standard InChI is InChI=1S/C23H33ClO2/c1-22-10-8-17(25)14-16(22)13-15(5-3-4-12-24)21-18-6-7-20(26)23(18,2)11-9-19(21)22/h3-4,14-15,18-21,26H,5-13H2,1-2H3/b4-3+/t15-,18-,19-,20-,21-,22-,23-/m0/s1. The van der Waals surface area contributed by atoms with Gasteiger partial charge in [0.15, 0.2) is 5.78 Å². The van der Waals surface area contributed by atoms with E-state index in [0.717, 1.165) is 32.1 Å². The monoisotopic (exact) mass is 376 g/mol. The molecule has 2 nitrogen and oxygen atoms in total. The summed E-state index contributed by atoms with van der Waals surface area (Å²) in [5, 5.41) is 10.7. The molecule has 7 atom stereocenters. The number of hydrogen-bond acceptors (Lipinski definition) is 2. The van der Waals surface area contributed by atoms with Crippen LogP contribution in [-0.4, -0.2) is 22.9 Å². The molecule has 1 N–H and O–H groups in total. The molecular formula is C23H33ClO2. The largest absolute Gasteiger partial charge is 0.393 e. The van der Waals surface area contributed by atoms with Crippen LogP contribution in [0, 0.1) is 34.5 Å². The van der Waals surface area contributed by atoms with Crippen molar-refractivity contribution in [2.75, 3.05) is 5.88 Å². The Morgan fingerprint density at radius 1 is 1.19 bits per heavy atom. The summed E-state index contributed by atoms with van der Waals surface area (Å²) in [5.41, 5.74) is 1.71. The first-order valence-corrected chi connectivity index (χ1v) is 11.1. The summed E-state index contributed by atoms with van der Waals surface area (Å²) in [6.07, 6.45) is 14.5. The zero-order chi connectivity index (χ0) is 18.5. The summed E-state index contributed by atoms with van der Waals surface area (Å²) in [7, 11) is 0. The van der Waals surface area contributed by atoms with Gasteiger partial charge in [0, 0.05) is 12.3 Å². The predicted molar refractivity (Wildman–Crippen MR) is 106 cm³/mol. The minimum atomic E-state index is -0.134. The first kappa shape index (κ1) is 18.7. The first-order chi connectivity index (χ1) is 12.4. The van der Waals surface area contributed by atoms with E-state index >= 15 is 0 Å². The summed E-state index contributed by atoms with van der Waals surface area (Å²) in [6, 6.07) is 0. The van der Waals surface area contributed by atoms with Gasteiger partial charge < -0.3 is 5.11 Å². The summed E-state index contributed by atoms with van der Waals surface area (Å²) in [4.78, 5) is 12.1. The van der Waals surface area contributed by atoms with Gasteiger partial charge in [-0.2, -0.15) is 0 Å². The van der Waals surface area contributed by atoms with Crippen molar-refractivity contribution in [3.05, 3.63) is 23.8 Å². The molecule has 0 saturated heterocycles. The van der Waals surface area contributed by atoms with Gasteiger partial charge in [-0.3, -0.25) is 4.79 Å². The lowest BCUT2D eigenvalue weighted by Crippen LogP contribution is -2.54. The van der Waals surface area contributed by atoms with Crippen LogP contribution in [0.3, 0.4) is 0 Å².